The van der Waals surface area contributed by atoms with Gasteiger partial charge in [-0.3, -0.25) is 24.1 Å². The summed E-state index contributed by atoms with van der Waals surface area (Å²) in [6.07, 6.45) is 0.758. The molecule has 3 amide bonds. The van der Waals surface area contributed by atoms with Crippen LogP contribution >= 0.6 is 46.3 Å². The molecule has 228 valence electrons. The molecule has 2 saturated carbocycles. The van der Waals surface area contributed by atoms with Gasteiger partial charge in [0.05, 0.1) is 22.5 Å². The van der Waals surface area contributed by atoms with Gasteiger partial charge in [-0.25, -0.2) is 0 Å². The summed E-state index contributed by atoms with van der Waals surface area (Å²) in [5, 5.41) is 4.65. The van der Waals surface area contributed by atoms with Gasteiger partial charge in [0.1, 0.15) is 5.75 Å². The Labute approximate surface area is 276 Å². The molecule has 12 heteroatoms. The maximum atomic E-state index is 14.0. The molecule has 2 aliphatic carbocycles. The molecule has 45 heavy (non-hydrogen) atoms. The molecule has 3 fully saturated rings. The predicted octanol–water partition coefficient (Wildman–Crippen LogP) is 6.44. The van der Waals surface area contributed by atoms with Crippen molar-refractivity contribution in [2.75, 3.05) is 16.8 Å². The van der Waals surface area contributed by atoms with Crippen LogP contribution in [0.3, 0.4) is 0 Å². The van der Waals surface area contributed by atoms with E-state index < -0.39 is 11.8 Å². The number of hydrogen-bond acceptors (Lipinski definition) is 7. The number of anilines is 2. The van der Waals surface area contributed by atoms with E-state index in [1.807, 2.05) is 24.3 Å². The van der Waals surface area contributed by atoms with Gasteiger partial charge in [0, 0.05) is 37.3 Å². The molecule has 8 nitrogen and oxygen atoms in total. The smallest absolute Gasteiger partial charge is 0.305 e. The maximum Gasteiger partial charge on any atom is 0.305 e. The molecule has 4 aromatic rings. The third-order valence-corrected chi connectivity index (χ3v) is 12.6. The number of halogens is 2. The van der Waals surface area contributed by atoms with E-state index in [1.165, 1.54) is 4.90 Å². The highest BCUT2D eigenvalue weighted by atomic mass is 35.5. The van der Waals surface area contributed by atoms with Crippen molar-refractivity contribution in [2.45, 2.75) is 22.6 Å². The fourth-order valence-electron chi connectivity index (χ4n) is 7.96. The van der Waals surface area contributed by atoms with Crippen LogP contribution in [0.1, 0.15) is 22.8 Å². The third-order valence-electron chi connectivity index (χ3n) is 9.53. The Balaban J connectivity index is 1.14. The van der Waals surface area contributed by atoms with Gasteiger partial charge in [-0.1, -0.05) is 52.7 Å². The summed E-state index contributed by atoms with van der Waals surface area (Å²) in [5.74, 6) is -1.43. The fraction of sp³-hybridized carbons (Fsp3) is 0.273. The number of para-hydroxylation sites is 1. The Morgan fingerprint density at radius 1 is 0.933 bits per heavy atom. The van der Waals surface area contributed by atoms with E-state index in [1.54, 1.807) is 60.3 Å². The van der Waals surface area contributed by atoms with Crippen molar-refractivity contribution in [1.82, 2.24) is 4.98 Å². The van der Waals surface area contributed by atoms with Crippen molar-refractivity contribution in [3.05, 3.63) is 103 Å². The number of aromatic nitrogens is 1. The van der Waals surface area contributed by atoms with Crippen molar-refractivity contribution in [3.63, 3.8) is 0 Å². The molecule has 8 rings (SSSR count). The maximum absolute atomic E-state index is 14.0. The minimum Gasteiger partial charge on any atom is -0.483 e. The van der Waals surface area contributed by atoms with Gasteiger partial charge in [-0.15, -0.1) is 11.8 Å². The van der Waals surface area contributed by atoms with E-state index in [9.17, 15) is 19.2 Å². The average molecular weight is 679 g/mol. The first-order valence-corrected chi connectivity index (χ1v) is 17.0. The summed E-state index contributed by atoms with van der Waals surface area (Å²) in [6, 6.07) is 21.2. The molecule has 2 aliphatic heterocycles. The summed E-state index contributed by atoms with van der Waals surface area (Å²) in [4.78, 5) is 58.4. The number of fused-ring (bicyclic) bond motifs is 9. The minimum atomic E-state index is -0.432. The number of carbonyl (C=O) groups excluding carboxylic acids is 3. The van der Waals surface area contributed by atoms with E-state index in [0.29, 0.717) is 27.2 Å². The number of nitrogens with one attached hydrogen (secondary N) is 2. The molecule has 3 aromatic carbocycles. The zero-order valence-electron chi connectivity index (χ0n) is 23.4. The lowest BCUT2D eigenvalue weighted by molar-refractivity contribution is -0.123. The summed E-state index contributed by atoms with van der Waals surface area (Å²) < 4.78 is 6.14. The Morgan fingerprint density at radius 2 is 1.64 bits per heavy atom. The molecular weight excluding hydrogens is 653 g/mol. The molecule has 0 spiro atoms. The van der Waals surface area contributed by atoms with Gasteiger partial charge in [-0.05, 0) is 78.8 Å². The van der Waals surface area contributed by atoms with Gasteiger partial charge >= 0.3 is 4.87 Å². The monoisotopic (exact) mass is 677 g/mol. The standard InChI is InChI=1S/C33H25Cl2N3O5S2/c34-15-6-9-17(10-7-15)36-23(39)14-43-22-11-8-16(35)12-19(22)24-25-20-13-21(28(25)44-30-29(24)45-33(42)37-30)27-26(20)31(40)38(32(27)41)18-4-2-1-3-5-18/h1-12,20-21,24-28H,13-14H2,(H,36,39)(H,37,42)/t20-,21-,24-,25?,26?,27?,28?/m1/s1. The van der Waals surface area contributed by atoms with Gasteiger partial charge in [-0.2, -0.15) is 0 Å². The molecule has 1 saturated heterocycles. The molecule has 2 N–H and O–H groups in total. The molecule has 4 aliphatic rings. The lowest BCUT2D eigenvalue weighted by Gasteiger charge is -2.43. The second-order valence-electron chi connectivity index (χ2n) is 11.8. The Kier molecular flexibility index (Phi) is 7.09. The number of carbonyl (C=O) groups is 3. The number of hydrogen-bond donors (Lipinski definition) is 2. The molecule has 2 bridgehead atoms. The highest BCUT2D eigenvalue weighted by molar-refractivity contribution is 8.00. The van der Waals surface area contributed by atoms with Crippen LogP contribution in [-0.4, -0.2) is 34.6 Å². The summed E-state index contributed by atoms with van der Waals surface area (Å²) in [5.41, 5.74) is 1.95. The first-order chi connectivity index (χ1) is 21.8. The average Bonchev–Trinajstić information content (AvgIpc) is 3.77. The molecular formula is C33H25Cl2N3O5S2. The number of aromatic amines is 1. The van der Waals surface area contributed by atoms with Gasteiger partial charge in [0.25, 0.3) is 5.91 Å². The number of rotatable bonds is 6. The van der Waals surface area contributed by atoms with E-state index in [-0.39, 0.29) is 58.1 Å². The van der Waals surface area contributed by atoms with Crippen LogP contribution in [0.5, 0.6) is 5.75 Å². The topological polar surface area (TPSA) is 109 Å². The Hall–Kier alpha value is -3.57. The fourth-order valence-corrected chi connectivity index (χ4v) is 11.2. The number of benzene rings is 3. The molecule has 3 heterocycles. The number of nitrogens with zero attached hydrogens (tertiary/aromatic N) is 1. The molecule has 1 aromatic heterocycles. The van der Waals surface area contributed by atoms with Crippen LogP contribution in [0.25, 0.3) is 0 Å². The van der Waals surface area contributed by atoms with Crippen molar-refractivity contribution < 1.29 is 19.1 Å². The largest absolute Gasteiger partial charge is 0.483 e. The number of H-pyrrole nitrogens is 1. The minimum absolute atomic E-state index is 0.00603. The highest BCUT2D eigenvalue weighted by Gasteiger charge is 2.69. The zero-order chi connectivity index (χ0) is 31.0. The van der Waals surface area contributed by atoms with Gasteiger partial charge in [0.15, 0.2) is 6.61 Å². The van der Waals surface area contributed by atoms with Crippen LogP contribution in [-0.2, 0) is 14.4 Å². The molecule has 7 atom stereocenters. The molecule has 4 unspecified atom stereocenters. The number of amides is 3. The number of thioether (sulfide) groups is 1. The predicted molar refractivity (Wildman–Crippen MR) is 174 cm³/mol. The Bertz CT molecular complexity index is 1910. The lowest BCUT2D eigenvalue weighted by atomic mass is 9.68. The van der Waals surface area contributed by atoms with E-state index in [2.05, 4.69) is 10.3 Å². The van der Waals surface area contributed by atoms with Gasteiger partial charge in [0.2, 0.25) is 11.8 Å². The van der Waals surface area contributed by atoms with Crippen molar-refractivity contribution in [1.29, 1.82) is 0 Å². The van der Waals surface area contributed by atoms with E-state index in [4.69, 9.17) is 27.9 Å². The summed E-state index contributed by atoms with van der Waals surface area (Å²) in [6.45, 7) is -0.251. The van der Waals surface area contributed by atoms with E-state index in [0.717, 1.165) is 33.2 Å². The second-order valence-corrected chi connectivity index (χ2v) is 14.9. The van der Waals surface area contributed by atoms with Crippen molar-refractivity contribution in [2.24, 2.45) is 29.6 Å². The van der Waals surface area contributed by atoms with Crippen LogP contribution in [0.4, 0.5) is 11.4 Å². The van der Waals surface area contributed by atoms with Crippen LogP contribution in [0, 0.1) is 29.6 Å². The van der Waals surface area contributed by atoms with Crippen LogP contribution < -0.4 is 19.8 Å². The summed E-state index contributed by atoms with van der Waals surface area (Å²) in [7, 11) is 0. The molecule has 0 radical (unpaired) electrons. The lowest BCUT2D eigenvalue weighted by Crippen LogP contribution is -2.42. The normalized spacial score (nSPS) is 27.7. The van der Waals surface area contributed by atoms with Crippen LogP contribution in [0.15, 0.2) is 82.6 Å². The van der Waals surface area contributed by atoms with Crippen molar-refractivity contribution in [3.8, 4) is 5.75 Å². The Morgan fingerprint density at radius 3 is 2.40 bits per heavy atom. The number of ether oxygens (including phenoxy) is 1. The van der Waals surface area contributed by atoms with Gasteiger partial charge < -0.3 is 15.0 Å². The first-order valence-electron chi connectivity index (χ1n) is 14.6. The van der Waals surface area contributed by atoms with Crippen molar-refractivity contribution >= 4 is 75.4 Å². The number of imide groups is 1. The zero-order valence-corrected chi connectivity index (χ0v) is 26.6. The SMILES string of the molecule is O=C(COc1ccc(Cl)cc1[C@H]1c2sc(=O)[nH]c2SC2C1[C@H]1C[C@@H]2C2C(=O)N(c3ccccc3)C(=O)C21)Nc1ccc(Cl)cc1. The highest BCUT2D eigenvalue weighted by Crippen LogP contribution is 2.69. The first kappa shape index (κ1) is 28.9. The van der Waals surface area contributed by atoms with E-state index >= 15 is 0 Å². The van der Waals surface area contributed by atoms with Crippen LogP contribution in [0.2, 0.25) is 10.0 Å². The second kappa shape index (κ2) is 11.0. The quantitative estimate of drug-likeness (QED) is 0.228. The number of thiazole rings is 1. The third kappa shape index (κ3) is 4.72. The summed E-state index contributed by atoms with van der Waals surface area (Å²) >= 11 is 15.3.